The standard InChI is InChI=1S/C73H88ClN15O14/c1-42(2)33-53(64(95)81-52(19-11-31-78-73(76)77)72(103)88-32-12-20-59(88)70(101)80-40-61(75)92)82-65(96)54(34-43-13-5-3-6-14-43)83-66(97)55(36-46-23-27-49(91)28-24-46)84-69(100)58(41-90)87-68(99)57(38-47-39-79-51-18-10-9-17-50(47)51)85-67(98)56(35-45-21-25-48(74)26-22-45)86-71(102)60(37-44-15-7-4-8-16-44)89-62(93)29-30-63(89)94/h3-10,13-18,21-28,39,42,52-60,79,90-91H,11-12,19-20,29-38,40-41H2,1-2H3,(H2,75,92)(H,80,101)(H,81,95)(H,82,96)(H,83,97)(H,84,100)(H,85,98)(H,86,102)(H,87,99)(H4,76,77,78)/t52-,53-,54+,55-,56-,57+,58-,59-,60+/m0/s1. The molecule has 0 aliphatic carbocycles. The van der Waals surface area contributed by atoms with E-state index in [0.717, 1.165) is 4.90 Å². The number of rotatable bonds is 36. The number of aromatic amines is 1. The van der Waals surface area contributed by atoms with E-state index < -0.39 is 138 Å². The highest BCUT2D eigenvalue weighted by Gasteiger charge is 2.42. The first-order chi connectivity index (χ1) is 49.3. The second-order valence-electron chi connectivity index (χ2n) is 25.9. The van der Waals surface area contributed by atoms with Crippen molar-refractivity contribution in [1.29, 1.82) is 5.41 Å². The van der Waals surface area contributed by atoms with Gasteiger partial charge in [0, 0.05) is 80.2 Å². The average molecular weight is 1440 g/mol. The Morgan fingerprint density at radius 2 is 1.04 bits per heavy atom. The number of hydrogen-bond acceptors (Lipinski definition) is 15. The predicted octanol–water partition coefficient (Wildman–Crippen LogP) is 0.846. The van der Waals surface area contributed by atoms with Gasteiger partial charge in [0.2, 0.25) is 70.9 Å². The second-order valence-corrected chi connectivity index (χ2v) is 26.4. The number of nitrogens with two attached hydrogens (primary N) is 2. The number of benzene rings is 5. The zero-order valence-corrected chi connectivity index (χ0v) is 57.8. The lowest BCUT2D eigenvalue weighted by Crippen LogP contribution is -2.62. The molecule has 12 amide bonds. The van der Waals surface area contributed by atoms with Gasteiger partial charge in [-0.3, -0.25) is 67.8 Å². The van der Waals surface area contributed by atoms with Gasteiger partial charge >= 0.3 is 0 Å². The largest absolute Gasteiger partial charge is 0.508 e. The number of phenols is 1. The number of phenolic OH excluding ortho intramolecular Hbond substituents is 1. The van der Waals surface area contributed by atoms with Gasteiger partial charge in [0.1, 0.15) is 60.1 Å². The number of nitrogens with one attached hydrogen (secondary N) is 11. The molecule has 2 aliphatic heterocycles. The molecule has 8 rings (SSSR count). The summed E-state index contributed by atoms with van der Waals surface area (Å²) >= 11 is 6.26. The van der Waals surface area contributed by atoms with Crippen molar-refractivity contribution in [1.82, 2.24) is 62.6 Å². The first-order valence-electron chi connectivity index (χ1n) is 34.0. The second kappa shape index (κ2) is 37.5. The SMILES string of the molecule is CC(C)C[C@H](NC(=O)[C@@H](Cc1ccccc1)NC(=O)[C@H](Cc1ccc(O)cc1)NC(=O)[C@H](CO)NC(=O)[C@@H](Cc1c[nH]c2ccccc12)NC(=O)[C@H](Cc1ccc(Cl)cc1)NC(=O)[C@@H](Cc1ccccc1)N1C(=O)CCC1=O)C(=O)N[C@@H](CCCNC(=N)N)C(=O)N1CCC[C@H]1C(=O)NCC(N)=O. The minimum Gasteiger partial charge on any atom is -0.508 e. The summed E-state index contributed by atoms with van der Waals surface area (Å²) in [4.78, 5) is 175. The topological polar surface area (TPSA) is 452 Å². The lowest BCUT2D eigenvalue weighted by Gasteiger charge is -2.31. The number of amides is 12. The van der Waals surface area contributed by atoms with Crippen molar-refractivity contribution in [3.8, 4) is 5.75 Å². The first kappa shape index (κ1) is 77.5. The van der Waals surface area contributed by atoms with Crippen molar-refractivity contribution in [2.75, 3.05) is 26.2 Å². The minimum absolute atomic E-state index is 0.0109. The third-order valence-corrected chi connectivity index (χ3v) is 17.9. The fourth-order valence-electron chi connectivity index (χ4n) is 12.4. The normalized spacial score (nSPS) is 15.8. The van der Waals surface area contributed by atoms with E-state index in [1.165, 1.54) is 29.2 Å². The number of guanidine groups is 1. The smallest absolute Gasteiger partial charge is 0.245 e. The molecule has 0 spiro atoms. The first-order valence-corrected chi connectivity index (χ1v) is 34.4. The number of H-pyrrole nitrogens is 1. The number of aromatic nitrogens is 1. The Kier molecular flexibility index (Phi) is 28.2. The lowest BCUT2D eigenvalue weighted by molar-refractivity contribution is -0.147. The van der Waals surface area contributed by atoms with Gasteiger partial charge in [0.05, 0.1) is 13.2 Å². The Balaban J connectivity index is 1.05. The summed E-state index contributed by atoms with van der Waals surface area (Å²) < 4.78 is 0. The highest BCUT2D eigenvalue weighted by molar-refractivity contribution is 6.30. The number of likely N-dealkylation sites (tertiary alicyclic amines) is 2. The summed E-state index contributed by atoms with van der Waals surface area (Å²) in [5, 5.41) is 54.0. The van der Waals surface area contributed by atoms with Crippen LogP contribution in [0, 0.1) is 11.3 Å². The van der Waals surface area contributed by atoms with Crippen LogP contribution in [0.1, 0.15) is 86.6 Å². The molecule has 29 nitrogen and oxygen atoms in total. The van der Waals surface area contributed by atoms with E-state index in [2.05, 4.69) is 52.8 Å². The number of aliphatic hydroxyl groups excluding tert-OH is 1. The number of carbonyl (C=O) groups is 12. The van der Waals surface area contributed by atoms with Gasteiger partial charge in [0.15, 0.2) is 5.96 Å². The van der Waals surface area contributed by atoms with Gasteiger partial charge in [-0.25, -0.2) is 0 Å². The van der Waals surface area contributed by atoms with Crippen LogP contribution in [0.3, 0.4) is 0 Å². The molecule has 546 valence electrons. The van der Waals surface area contributed by atoms with Crippen molar-refractivity contribution >= 4 is 99.3 Å². The highest BCUT2D eigenvalue weighted by atomic mass is 35.5. The monoisotopic (exact) mass is 1430 g/mol. The molecular formula is C73H88ClN15O14. The Morgan fingerprint density at radius 1 is 0.573 bits per heavy atom. The Morgan fingerprint density at radius 3 is 1.58 bits per heavy atom. The van der Waals surface area contributed by atoms with E-state index in [4.69, 9.17) is 28.5 Å². The lowest BCUT2D eigenvalue weighted by atomic mass is 9.99. The van der Waals surface area contributed by atoms with Gasteiger partial charge in [0.25, 0.3) is 0 Å². The average Bonchev–Trinajstić information content (AvgIpc) is 1.75. The summed E-state index contributed by atoms with van der Waals surface area (Å²) in [6.07, 6.45) is 1.25. The van der Waals surface area contributed by atoms with E-state index >= 15 is 14.4 Å². The Bertz CT molecular complexity index is 4000. The van der Waals surface area contributed by atoms with E-state index in [1.807, 2.05) is 0 Å². The van der Waals surface area contributed by atoms with Crippen molar-refractivity contribution in [2.45, 2.75) is 145 Å². The fourth-order valence-corrected chi connectivity index (χ4v) is 12.5. The molecule has 2 saturated heterocycles. The number of nitrogens with zero attached hydrogens (tertiary/aromatic N) is 2. The molecule has 1 aromatic heterocycles. The quantitative estimate of drug-likeness (QED) is 0.0112. The summed E-state index contributed by atoms with van der Waals surface area (Å²) in [7, 11) is 0. The summed E-state index contributed by atoms with van der Waals surface area (Å²) in [6.45, 7) is 2.32. The fraction of sp³-hybridized carbons (Fsp3) is 0.384. The van der Waals surface area contributed by atoms with E-state index in [0.29, 0.717) is 50.2 Å². The van der Waals surface area contributed by atoms with Crippen molar-refractivity contribution in [2.24, 2.45) is 17.4 Å². The number of para-hydroxylation sites is 1. The molecular weight excluding hydrogens is 1350 g/mol. The zero-order chi connectivity index (χ0) is 74.3. The van der Waals surface area contributed by atoms with Crippen LogP contribution in [-0.4, -0.2) is 182 Å². The molecule has 6 aromatic rings. The molecule has 0 bridgehead atoms. The molecule has 30 heteroatoms. The number of primary amides is 1. The number of aliphatic hydroxyl groups is 1. The maximum Gasteiger partial charge on any atom is 0.245 e. The third kappa shape index (κ3) is 22.6. The van der Waals surface area contributed by atoms with Gasteiger partial charge in [-0.1, -0.05) is 129 Å². The molecule has 3 heterocycles. The number of carbonyl (C=O) groups excluding carboxylic acids is 12. The van der Waals surface area contributed by atoms with Crippen molar-refractivity contribution in [3.63, 3.8) is 0 Å². The van der Waals surface area contributed by atoms with E-state index in [-0.39, 0.29) is 101 Å². The maximum absolute atomic E-state index is 15.1. The van der Waals surface area contributed by atoms with Crippen LogP contribution in [0.2, 0.25) is 5.02 Å². The molecule has 2 fully saturated rings. The molecule has 17 N–H and O–H groups in total. The minimum atomic E-state index is -1.85. The molecule has 0 radical (unpaired) electrons. The van der Waals surface area contributed by atoms with Crippen LogP contribution in [0.4, 0.5) is 0 Å². The van der Waals surface area contributed by atoms with E-state index in [9.17, 15) is 53.4 Å². The molecule has 0 unspecified atom stereocenters. The highest BCUT2D eigenvalue weighted by Crippen LogP contribution is 2.24. The number of halogens is 1. The van der Waals surface area contributed by atoms with Crippen molar-refractivity contribution in [3.05, 3.63) is 172 Å². The van der Waals surface area contributed by atoms with Crippen LogP contribution >= 0.6 is 11.6 Å². The number of aromatic hydroxyl groups is 1. The van der Waals surface area contributed by atoms with Gasteiger partial charge < -0.3 is 79.4 Å². The van der Waals surface area contributed by atoms with Crippen LogP contribution in [0.25, 0.3) is 10.9 Å². The summed E-state index contributed by atoms with van der Waals surface area (Å²) in [6, 6.07) is 23.3. The van der Waals surface area contributed by atoms with Crippen molar-refractivity contribution < 1.29 is 67.7 Å². The molecule has 5 aromatic carbocycles. The number of fused-ring (bicyclic) bond motifs is 1. The van der Waals surface area contributed by atoms with Crippen LogP contribution < -0.4 is 59.3 Å². The Labute approximate surface area is 599 Å². The van der Waals surface area contributed by atoms with Crippen LogP contribution in [-0.2, 0) is 89.6 Å². The number of hydrogen-bond donors (Lipinski definition) is 15. The van der Waals surface area contributed by atoms with E-state index in [1.54, 1.807) is 129 Å². The zero-order valence-electron chi connectivity index (χ0n) is 57.1. The van der Waals surface area contributed by atoms with Crippen LogP contribution in [0.15, 0.2) is 140 Å². The molecule has 0 saturated carbocycles. The van der Waals surface area contributed by atoms with Gasteiger partial charge in [-0.15, -0.1) is 0 Å². The van der Waals surface area contributed by atoms with Gasteiger partial charge in [-0.05, 0) is 96.2 Å². The molecule has 9 atom stereocenters. The van der Waals surface area contributed by atoms with Crippen LogP contribution in [0.5, 0.6) is 5.75 Å². The molecule has 2 aliphatic rings. The summed E-state index contributed by atoms with van der Waals surface area (Å²) in [5.41, 5.74) is 14.0. The maximum atomic E-state index is 15.1. The number of imide groups is 1. The summed E-state index contributed by atoms with van der Waals surface area (Å²) in [5.74, 6) is -10.4. The predicted molar refractivity (Wildman–Crippen MR) is 380 cm³/mol. The Hall–Kier alpha value is -11.2. The van der Waals surface area contributed by atoms with Gasteiger partial charge in [-0.2, -0.15) is 0 Å². The third-order valence-electron chi connectivity index (χ3n) is 17.6. The molecule has 103 heavy (non-hydrogen) atoms.